The average Bonchev–Trinajstić information content (AvgIpc) is 3.16. The van der Waals surface area contributed by atoms with Crippen LogP contribution in [-0.2, 0) is 14.3 Å². The number of carboxylic acid groups (broad SMARTS) is 1. The maximum atomic E-state index is 13.0. The molecule has 4 rings (SSSR count). The van der Waals surface area contributed by atoms with Gasteiger partial charge in [0.1, 0.15) is 12.6 Å². The molecule has 1 saturated carbocycles. The first-order chi connectivity index (χ1) is 16.9. The Morgan fingerprint density at radius 2 is 1.60 bits per heavy atom. The fourth-order valence-electron chi connectivity index (χ4n) is 5.52. The highest BCUT2D eigenvalue weighted by Gasteiger charge is 2.38. The summed E-state index contributed by atoms with van der Waals surface area (Å²) in [5.74, 6) is -1.43. The van der Waals surface area contributed by atoms with Gasteiger partial charge in [0.2, 0.25) is 5.91 Å². The Balaban J connectivity index is 1.41. The van der Waals surface area contributed by atoms with Crippen molar-refractivity contribution in [3.63, 3.8) is 0 Å². The normalized spacial score (nSPS) is 17.1. The number of aliphatic carboxylic acids is 1. The van der Waals surface area contributed by atoms with Crippen LogP contribution in [0.15, 0.2) is 48.5 Å². The monoisotopic (exact) mass is 478 g/mol. The number of alkyl carbamates (subject to hydrolysis) is 1. The van der Waals surface area contributed by atoms with E-state index < -0.39 is 23.6 Å². The molecule has 1 atom stereocenters. The molecule has 1 unspecified atom stereocenters. The smallest absolute Gasteiger partial charge is 0.407 e. The predicted molar refractivity (Wildman–Crippen MR) is 133 cm³/mol. The maximum absolute atomic E-state index is 13.0. The zero-order valence-corrected chi connectivity index (χ0v) is 20.2. The zero-order valence-electron chi connectivity index (χ0n) is 20.2. The van der Waals surface area contributed by atoms with Crippen LogP contribution >= 0.6 is 0 Å². The number of amides is 2. The third-order valence-electron chi connectivity index (χ3n) is 7.23. The molecule has 2 amide bonds. The first-order valence-corrected chi connectivity index (χ1v) is 12.6. The second-order valence-corrected chi connectivity index (χ2v) is 9.72. The molecule has 2 aliphatic rings. The summed E-state index contributed by atoms with van der Waals surface area (Å²) in [7, 11) is 0. The van der Waals surface area contributed by atoms with Crippen molar-refractivity contribution < 1.29 is 24.2 Å². The highest BCUT2D eigenvalue weighted by atomic mass is 16.5. The van der Waals surface area contributed by atoms with E-state index in [1.165, 1.54) is 0 Å². The fraction of sp³-hybridized carbons (Fsp3) is 0.464. The summed E-state index contributed by atoms with van der Waals surface area (Å²) >= 11 is 0. The first kappa shape index (κ1) is 24.8. The van der Waals surface area contributed by atoms with Crippen molar-refractivity contribution in [2.24, 2.45) is 0 Å². The molecule has 1 fully saturated rings. The minimum Gasteiger partial charge on any atom is -0.480 e. The van der Waals surface area contributed by atoms with Gasteiger partial charge in [-0.1, -0.05) is 81.1 Å². The third-order valence-corrected chi connectivity index (χ3v) is 7.23. The minimum atomic E-state index is -1.04. The molecule has 2 aliphatic carbocycles. The topological polar surface area (TPSA) is 105 Å². The summed E-state index contributed by atoms with van der Waals surface area (Å²) in [5, 5.41) is 15.0. The lowest BCUT2D eigenvalue weighted by Gasteiger charge is -2.37. The summed E-state index contributed by atoms with van der Waals surface area (Å²) in [5.41, 5.74) is 3.89. The molecule has 0 spiro atoms. The van der Waals surface area contributed by atoms with Gasteiger partial charge in [-0.25, -0.2) is 9.59 Å². The quantitative estimate of drug-likeness (QED) is 0.471. The molecule has 35 heavy (non-hydrogen) atoms. The molecule has 3 N–H and O–H groups in total. The van der Waals surface area contributed by atoms with Gasteiger partial charge in [-0.05, 0) is 41.5 Å². The van der Waals surface area contributed by atoms with Gasteiger partial charge in [0, 0.05) is 12.3 Å². The second-order valence-electron chi connectivity index (χ2n) is 9.72. The van der Waals surface area contributed by atoms with Crippen LogP contribution in [0.3, 0.4) is 0 Å². The lowest BCUT2D eigenvalue weighted by atomic mass is 9.79. The molecule has 186 valence electrons. The molecule has 0 heterocycles. The molecule has 7 nitrogen and oxygen atoms in total. The number of hydrogen-bond acceptors (Lipinski definition) is 4. The van der Waals surface area contributed by atoms with Crippen molar-refractivity contribution >= 4 is 18.0 Å². The number of carbonyl (C=O) groups excluding carboxylic acids is 2. The zero-order chi connectivity index (χ0) is 24.8. The van der Waals surface area contributed by atoms with Gasteiger partial charge in [0.25, 0.3) is 0 Å². The highest BCUT2D eigenvalue weighted by molar-refractivity contribution is 5.84. The fourth-order valence-corrected chi connectivity index (χ4v) is 5.52. The van der Waals surface area contributed by atoms with Crippen molar-refractivity contribution in [1.29, 1.82) is 0 Å². The van der Waals surface area contributed by atoms with Crippen LogP contribution in [0.2, 0.25) is 0 Å². The number of ether oxygens (including phenoxy) is 1. The number of carbonyl (C=O) groups is 3. The molecule has 2 aromatic rings. The summed E-state index contributed by atoms with van der Waals surface area (Å²) < 4.78 is 5.73. The summed E-state index contributed by atoms with van der Waals surface area (Å²) in [6.07, 6.45) is 4.70. The molecule has 0 bridgehead atoms. The number of fused-ring (bicyclic) bond motifs is 3. The van der Waals surface area contributed by atoms with Gasteiger partial charge in [0.05, 0.1) is 5.54 Å². The van der Waals surface area contributed by atoms with Crippen LogP contribution in [0.5, 0.6) is 0 Å². The number of rotatable bonds is 9. The standard InChI is InChI=1S/C28H34N2O5/c1-2-10-24(26(32)33)29-25(31)17-28(15-8-3-9-16-28)30-27(34)35-18-23-21-13-6-4-11-19(21)20-12-5-7-14-22(20)23/h4-7,11-14,23-24H,2-3,8-10,15-18H2,1H3,(H,29,31)(H,30,34)(H,32,33). The Labute approximate surface area is 206 Å². The van der Waals surface area contributed by atoms with Crippen LogP contribution in [0.1, 0.15) is 75.3 Å². The molecule has 2 aromatic carbocycles. The number of carboxylic acids is 1. The van der Waals surface area contributed by atoms with Crippen molar-refractivity contribution in [3.05, 3.63) is 59.7 Å². The molecular formula is C28H34N2O5. The van der Waals surface area contributed by atoms with Gasteiger partial charge in [-0.3, -0.25) is 4.79 Å². The van der Waals surface area contributed by atoms with Crippen LogP contribution in [0, 0.1) is 0 Å². The van der Waals surface area contributed by atoms with Crippen molar-refractivity contribution in [3.8, 4) is 11.1 Å². The van der Waals surface area contributed by atoms with Crippen LogP contribution in [0.4, 0.5) is 4.79 Å². The Bertz CT molecular complexity index is 1030. The lowest BCUT2D eigenvalue weighted by Crippen LogP contribution is -2.54. The van der Waals surface area contributed by atoms with Crippen molar-refractivity contribution in [2.45, 2.75) is 75.8 Å². The van der Waals surface area contributed by atoms with Crippen LogP contribution in [0.25, 0.3) is 11.1 Å². The SMILES string of the molecule is CCCC(NC(=O)CC1(NC(=O)OCC2c3ccccc3-c3ccccc32)CCCCC1)C(=O)O. The Morgan fingerprint density at radius 1 is 1.00 bits per heavy atom. The minimum absolute atomic E-state index is 0.0378. The molecule has 7 heteroatoms. The Morgan fingerprint density at radius 3 is 2.17 bits per heavy atom. The van der Waals surface area contributed by atoms with Crippen LogP contribution in [-0.4, -0.2) is 41.3 Å². The van der Waals surface area contributed by atoms with E-state index in [1.807, 2.05) is 31.2 Å². The molecule has 0 aliphatic heterocycles. The summed E-state index contributed by atoms with van der Waals surface area (Å²) in [6.45, 7) is 2.09. The largest absolute Gasteiger partial charge is 0.480 e. The third kappa shape index (κ3) is 5.66. The van der Waals surface area contributed by atoms with E-state index in [-0.39, 0.29) is 24.9 Å². The van der Waals surface area contributed by atoms with E-state index in [9.17, 15) is 19.5 Å². The lowest BCUT2D eigenvalue weighted by molar-refractivity contribution is -0.142. The Kier molecular flexibility index (Phi) is 7.73. The Hall–Kier alpha value is -3.35. The number of benzene rings is 2. The van der Waals surface area contributed by atoms with E-state index in [4.69, 9.17) is 4.74 Å². The van der Waals surface area contributed by atoms with Gasteiger partial charge < -0.3 is 20.5 Å². The van der Waals surface area contributed by atoms with Crippen molar-refractivity contribution in [2.75, 3.05) is 6.61 Å². The van der Waals surface area contributed by atoms with E-state index >= 15 is 0 Å². The summed E-state index contributed by atoms with van der Waals surface area (Å²) in [4.78, 5) is 37.2. The number of hydrogen-bond donors (Lipinski definition) is 3. The molecular weight excluding hydrogens is 444 g/mol. The number of nitrogens with one attached hydrogen (secondary N) is 2. The van der Waals surface area contributed by atoms with Crippen molar-refractivity contribution in [1.82, 2.24) is 10.6 Å². The molecule has 0 radical (unpaired) electrons. The van der Waals surface area contributed by atoms with E-state index in [1.54, 1.807) is 0 Å². The highest BCUT2D eigenvalue weighted by Crippen LogP contribution is 2.44. The molecule has 0 saturated heterocycles. The molecule has 0 aromatic heterocycles. The van der Waals surface area contributed by atoms with Gasteiger partial charge in [-0.15, -0.1) is 0 Å². The van der Waals surface area contributed by atoms with E-state index in [2.05, 4.69) is 34.9 Å². The maximum Gasteiger partial charge on any atom is 0.407 e. The van der Waals surface area contributed by atoms with Crippen LogP contribution < -0.4 is 10.6 Å². The van der Waals surface area contributed by atoms with E-state index in [0.717, 1.165) is 41.5 Å². The first-order valence-electron chi connectivity index (χ1n) is 12.6. The van der Waals surface area contributed by atoms with Gasteiger partial charge >= 0.3 is 12.1 Å². The summed E-state index contributed by atoms with van der Waals surface area (Å²) in [6, 6.07) is 15.4. The van der Waals surface area contributed by atoms with Gasteiger partial charge in [0.15, 0.2) is 0 Å². The predicted octanol–water partition coefficient (Wildman–Crippen LogP) is 4.99. The second kappa shape index (κ2) is 10.9. The van der Waals surface area contributed by atoms with Gasteiger partial charge in [-0.2, -0.15) is 0 Å². The average molecular weight is 479 g/mol. The van der Waals surface area contributed by atoms with E-state index in [0.29, 0.717) is 25.7 Å².